The molecule has 16 heteroatoms. The van der Waals surface area contributed by atoms with Crippen molar-refractivity contribution in [2.75, 3.05) is 11.4 Å². The molecule has 0 spiro atoms. The van der Waals surface area contributed by atoms with Crippen molar-refractivity contribution in [3.63, 3.8) is 0 Å². The van der Waals surface area contributed by atoms with E-state index in [1.54, 1.807) is 0 Å². The second-order valence-electron chi connectivity index (χ2n) is 6.23. The first-order chi connectivity index (χ1) is 15.0. The van der Waals surface area contributed by atoms with Crippen LogP contribution in [0, 0.1) is 20.2 Å². The van der Waals surface area contributed by atoms with E-state index in [0.717, 1.165) is 12.1 Å². The molecular weight excluding hydrogens is 478 g/mol. The van der Waals surface area contributed by atoms with Gasteiger partial charge in [0.2, 0.25) is 0 Å². The van der Waals surface area contributed by atoms with Crippen LogP contribution >= 0.6 is 0 Å². The summed E-state index contributed by atoms with van der Waals surface area (Å²) < 4.78 is 107. The van der Waals surface area contributed by atoms with E-state index in [-0.39, 0.29) is 18.3 Å². The third-order valence-electron chi connectivity index (χ3n) is 4.10. The highest BCUT2D eigenvalue weighted by atomic mass is 19.4. The van der Waals surface area contributed by atoms with Gasteiger partial charge in [0, 0.05) is 18.3 Å². The number of anilines is 2. The molecule has 0 saturated carbocycles. The zero-order chi connectivity index (χ0) is 25.4. The number of rotatable bonds is 7. The number of alkyl halides is 8. The number of ether oxygens (including phenoxy) is 1. The maximum Gasteiger partial charge on any atom is 0.499 e. The van der Waals surface area contributed by atoms with Gasteiger partial charge in [0.05, 0.1) is 21.5 Å². The summed E-state index contributed by atoms with van der Waals surface area (Å²) in [6.45, 7) is 0.869. The van der Waals surface area contributed by atoms with Crippen LogP contribution in [-0.2, 0) is 6.18 Å². The van der Waals surface area contributed by atoms with Crippen molar-refractivity contribution in [3.8, 4) is 5.75 Å². The third kappa shape index (κ3) is 5.38. The van der Waals surface area contributed by atoms with Crippen LogP contribution in [0.1, 0.15) is 12.5 Å². The molecule has 0 aromatic heterocycles. The van der Waals surface area contributed by atoms with E-state index in [1.807, 2.05) is 0 Å². The minimum Gasteiger partial charge on any atom is -0.426 e. The Labute approximate surface area is 178 Å². The van der Waals surface area contributed by atoms with E-state index in [1.165, 1.54) is 6.92 Å². The van der Waals surface area contributed by atoms with Gasteiger partial charge in [-0.25, -0.2) is 0 Å². The zero-order valence-electron chi connectivity index (χ0n) is 16.1. The van der Waals surface area contributed by atoms with Gasteiger partial charge in [-0.3, -0.25) is 20.2 Å². The monoisotopic (exact) mass is 489 g/mol. The highest BCUT2D eigenvalue weighted by Gasteiger charge is 2.61. The summed E-state index contributed by atoms with van der Waals surface area (Å²) in [5.74, 6) is -0.994. The molecular formula is C17H11F8N3O5. The normalized spacial score (nSPS) is 12.4. The second-order valence-corrected chi connectivity index (χ2v) is 6.23. The molecule has 2 aromatic carbocycles. The summed E-state index contributed by atoms with van der Waals surface area (Å²) in [6, 6.07) is 3.15. The van der Waals surface area contributed by atoms with Crippen molar-refractivity contribution in [1.29, 1.82) is 0 Å². The summed E-state index contributed by atoms with van der Waals surface area (Å²) in [4.78, 5) is 20.5. The Morgan fingerprint density at radius 2 is 1.45 bits per heavy atom. The number of benzene rings is 2. The Balaban J connectivity index is 2.63. The summed E-state index contributed by atoms with van der Waals surface area (Å²) >= 11 is 0. The van der Waals surface area contributed by atoms with Crippen LogP contribution in [0.5, 0.6) is 5.75 Å². The van der Waals surface area contributed by atoms with Gasteiger partial charge in [0.25, 0.3) is 11.4 Å². The van der Waals surface area contributed by atoms with Crippen molar-refractivity contribution < 1.29 is 49.7 Å². The van der Waals surface area contributed by atoms with E-state index < -0.39 is 56.7 Å². The Bertz CT molecular complexity index is 1050. The van der Waals surface area contributed by atoms with Crippen LogP contribution in [-0.4, -0.2) is 28.7 Å². The van der Waals surface area contributed by atoms with Gasteiger partial charge in [-0.2, -0.15) is 35.1 Å². The van der Waals surface area contributed by atoms with Gasteiger partial charge in [-0.05, 0) is 31.2 Å². The van der Waals surface area contributed by atoms with Gasteiger partial charge in [-0.1, -0.05) is 0 Å². The van der Waals surface area contributed by atoms with Crippen LogP contribution in [0.4, 0.5) is 57.9 Å². The lowest BCUT2D eigenvalue weighted by molar-refractivity contribution is -0.394. The van der Waals surface area contributed by atoms with Gasteiger partial charge in [0.15, 0.2) is 0 Å². The summed E-state index contributed by atoms with van der Waals surface area (Å²) in [5.41, 5.74) is -5.58. The van der Waals surface area contributed by atoms with Gasteiger partial charge < -0.3 is 9.64 Å². The fraction of sp³-hybridized carbons (Fsp3) is 0.294. The largest absolute Gasteiger partial charge is 0.499 e. The molecule has 0 aliphatic carbocycles. The predicted molar refractivity (Wildman–Crippen MR) is 95.5 cm³/mol. The first kappa shape index (κ1) is 25.5. The number of nitro benzene ring substituents is 2. The number of hydrogen-bond acceptors (Lipinski definition) is 6. The molecule has 0 amide bonds. The molecule has 0 radical (unpaired) electrons. The molecule has 2 aromatic rings. The topological polar surface area (TPSA) is 98.8 Å². The maximum atomic E-state index is 13.6. The fourth-order valence-electron chi connectivity index (χ4n) is 2.72. The van der Waals surface area contributed by atoms with Crippen molar-refractivity contribution in [3.05, 3.63) is 62.2 Å². The molecule has 0 aliphatic heterocycles. The van der Waals surface area contributed by atoms with Gasteiger partial charge in [-0.15, -0.1) is 0 Å². The lowest BCUT2D eigenvalue weighted by Gasteiger charge is -2.26. The quantitative estimate of drug-likeness (QED) is 0.260. The molecule has 0 bridgehead atoms. The SMILES string of the molecule is CCN(c1ccc(OC(F)(F)C(F)(F)F)cc1)c1c([N+](=O)[O-])cc([N+](=O)[O-])cc1C(F)(F)F. The molecule has 0 unspecified atom stereocenters. The first-order valence-electron chi connectivity index (χ1n) is 8.54. The van der Waals surface area contributed by atoms with E-state index in [4.69, 9.17) is 0 Å². The smallest absolute Gasteiger partial charge is 0.426 e. The van der Waals surface area contributed by atoms with Crippen molar-refractivity contribution in [2.45, 2.75) is 25.4 Å². The Kier molecular flexibility index (Phi) is 6.71. The van der Waals surface area contributed by atoms with Gasteiger partial charge >= 0.3 is 18.5 Å². The number of nitrogens with zero attached hydrogens (tertiary/aromatic N) is 3. The molecule has 0 fully saturated rings. The second kappa shape index (κ2) is 8.67. The van der Waals surface area contributed by atoms with Crippen LogP contribution < -0.4 is 9.64 Å². The standard InChI is InChI=1S/C17H11F8N3O5/c1-2-26(9-3-5-11(6-4-9)33-17(24,25)16(21,22)23)14-12(15(18,19)20)7-10(27(29)30)8-13(14)28(31)32/h3-8H,2H2,1H3. The summed E-state index contributed by atoms with van der Waals surface area (Å²) in [7, 11) is 0. The highest BCUT2D eigenvalue weighted by molar-refractivity contribution is 5.78. The third-order valence-corrected chi connectivity index (χ3v) is 4.10. The molecule has 0 aliphatic rings. The lowest BCUT2D eigenvalue weighted by atomic mass is 10.1. The Morgan fingerprint density at radius 1 is 0.909 bits per heavy atom. The van der Waals surface area contributed by atoms with E-state index in [0.29, 0.717) is 23.1 Å². The fourth-order valence-corrected chi connectivity index (χ4v) is 2.72. The average Bonchev–Trinajstić information content (AvgIpc) is 2.67. The molecule has 8 nitrogen and oxygen atoms in total. The lowest BCUT2D eigenvalue weighted by Crippen LogP contribution is -2.41. The molecule has 180 valence electrons. The minimum absolute atomic E-state index is 0.0896. The number of non-ortho nitro benzene ring substituents is 1. The maximum absolute atomic E-state index is 13.6. The molecule has 2 rings (SSSR count). The zero-order valence-corrected chi connectivity index (χ0v) is 16.1. The number of halogens is 8. The van der Waals surface area contributed by atoms with Crippen LogP contribution in [0.15, 0.2) is 36.4 Å². The highest BCUT2D eigenvalue weighted by Crippen LogP contribution is 2.47. The Hall–Kier alpha value is -3.72. The first-order valence-corrected chi connectivity index (χ1v) is 8.54. The van der Waals surface area contributed by atoms with E-state index >= 15 is 0 Å². The number of hydrogen-bond donors (Lipinski definition) is 0. The minimum atomic E-state index is -6.04. The van der Waals surface area contributed by atoms with Crippen molar-refractivity contribution >= 4 is 22.7 Å². The average molecular weight is 489 g/mol. The summed E-state index contributed by atoms with van der Waals surface area (Å²) in [6.07, 6.45) is -16.9. The summed E-state index contributed by atoms with van der Waals surface area (Å²) in [5, 5.41) is 22.4. The molecule has 0 N–H and O–H groups in total. The van der Waals surface area contributed by atoms with Gasteiger partial charge in [0.1, 0.15) is 11.4 Å². The Morgan fingerprint density at radius 3 is 1.85 bits per heavy atom. The van der Waals surface area contributed by atoms with Crippen LogP contribution in [0.25, 0.3) is 0 Å². The molecule has 0 atom stereocenters. The van der Waals surface area contributed by atoms with Crippen molar-refractivity contribution in [1.82, 2.24) is 0 Å². The van der Waals surface area contributed by atoms with Crippen LogP contribution in [0.2, 0.25) is 0 Å². The van der Waals surface area contributed by atoms with Crippen LogP contribution in [0.3, 0.4) is 0 Å². The van der Waals surface area contributed by atoms with E-state index in [9.17, 15) is 55.4 Å². The number of nitro groups is 2. The van der Waals surface area contributed by atoms with Crippen molar-refractivity contribution in [2.24, 2.45) is 0 Å². The molecule has 0 heterocycles. The molecule has 0 saturated heterocycles. The predicted octanol–water partition coefficient (Wildman–Crippen LogP) is 6.21. The van der Waals surface area contributed by atoms with E-state index in [2.05, 4.69) is 4.74 Å². The molecule has 33 heavy (non-hydrogen) atoms.